The van der Waals surface area contributed by atoms with Gasteiger partial charge in [-0.05, 0) is 23.6 Å². The molecule has 0 atom stereocenters. The second-order valence-corrected chi connectivity index (χ2v) is 4.89. The Morgan fingerprint density at radius 3 is 2.47 bits per heavy atom. The first-order valence-corrected chi connectivity index (χ1v) is 6.44. The number of hydrogen-bond acceptors (Lipinski definition) is 3. The number of carbonyl (C=O) groups is 1. The average molecular weight is 266 g/mol. The van der Waals surface area contributed by atoms with Gasteiger partial charge in [0.25, 0.3) is 0 Å². The molecule has 0 fully saturated rings. The van der Waals surface area contributed by atoms with Crippen LogP contribution in [-0.2, 0) is 6.54 Å². The first-order valence-electron chi connectivity index (χ1n) is 6.44. The predicted molar refractivity (Wildman–Crippen MR) is 73.8 cm³/mol. The van der Waals surface area contributed by atoms with Gasteiger partial charge in [0.05, 0.1) is 6.61 Å². The van der Waals surface area contributed by atoms with Gasteiger partial charge in [-0.1, -0.05) is 26.0 Å². The minimum atomic E-state index is -0.184. The topological polar surface area (TPSA) is 72.8 Å². The molecule has 5 nitrogen and oxygen atoms in total. The predicted octanol–water partition coefficient (Wildman–Crippen LogP) is 1.55. The van der Waals surface area contributed by atoms with Crippen LogP contribution < -0.4 is 5.32 Å². The van der Waals surface area contributed by atoms with Crippen LogP contribution >= 0.6 is 0 Å². The fourth-order valence-electron chi connectivity index (χ4n) is 1.74. The lowest BCUT2D eigenvalue weighted by atomic mass is 10.2. The normalized spacial score (nSPS) is 10.5. The monoisotopic (exact) mass is 266 g/mol. The highest BCUT2D eigenvalue weighted by molar-refractivity contribution is 5.74. The lowest BCUT2D eigenvalue weighted by molar-refractivity contribution is 0.169. The smallest absolute Gasteiger partial charge is 0.317 e. The van der Waals surface area contributed by atoms with Crippen LogP contribution in [0, 0.1) is 5.92 Å². The summed E-state index contributed by atoms with van der Waals surface area (Å²) >= 11 is 0. The van der Waals surface area contributed by atoms with Crippen molar-refractivity contribution in [1.82, 2.24) is 10.2 Å². The van der Waals surface area contributed by atoms with E-state index >= 15 is 0 Å². The van der Waals surface area contributed by atoms with Gasteiger partial charge in [-0.2, -0.15) is 0 Å². The molecule has 3 N–H and O–H groups in total. The quantitative estimate of drug-likeness (QED) is 0.731. The molecule has 0 saturated carbocycles. The Kier molecular flexibility index (Phi) is 6.15. The Bertz CT molecular complexity index is 390. The lowest BCUT2D eigenvalue weighted by Crippen LogP contribution is -2.43. The number of benzene rings is 1. The molecule has 1 aromatic rings. The number of phenolic OH excluding ortho intramolecular Hbond substituents is 1. The van der Waals surface area contributed by atoms with Crippen LogP contribution in [0.15, 0.2) is 24.3 Å². The molecule has 0 heterocycles. The van der Waals surface area contributed by atoms with Crippen LogP contribution in [0.2, 0.25) is 0 Å². The molecule has 19 heavy (non-hydrogen) atoms. The van der Waals surface area contributed by atoms with Gasteiger partial charge in [-0.15, -0.1) is 0 Å². The van der Waals surface area contributed by atoms with E-state index in [0.717, 1.165) is 5.56 Å². The zero-order valence-corrected chi connectivity index (χ0v) is 11.5. The second kappa shape index (κ2) is 7.63. The molecule has 5 heteroatoms. The maximum atomic E-state index is 12.0. The van der Waals surface area contributed by atoms with E-state index in [4.69, 9.17) is 10.2 Å². The number of aliphatic hydroxyl groups excluding tert-OH is 1. The summed E-state index contributed by atoms with van der Waals surface area (Å²) in [7, 11) is 0. The van der Waals surface area contributed by atoms with Gasteiger partial charge >= 0.3 is 6.03 Å². The molecule has 0 aromatic heterocycles. The fourth-order valence-corrected chi connectivity index (χ4v) is 1.74. The van der Waals surface area contributed by atoms with Gasteiger partial charge in [-0.25, -0.2) is 4.79 Å². The maximum Gasteiger partial charge on any atom is 0.317 e. The standard InChI is InChI=1S/C14H22N2O3/c1-11(2)10-16(7-8-17)14(19)15-9-12-3-5-13(18)6-4-12/h3-6,11,17-18H,7-10H2,1-2H3,(H,15,19). The second-order valence-electron chi connectivity index (χ2n) is 4.89. The van der Waals surface area contributed by atoms with Crippen LogP contribution in [0.3, 0.4) is 0 Å². The van der Waals surface area contributed by atoms with Crippen LogP contribution in [0.5, 0.6) is 5.75 Å². The number of amides is 2. The number of rotatable bonds is 6. The summed E-state index contributed by atoms with van der Waals surface area (Å²) in [6.07, 6.45) is 0. The highest BCUT2D eigenvalue weighted by Crippen LogP contribution is 2.09. The van der Waals surface area contributed by atoms with E-state index in [9.17, 15) is 4.79 Å². The minimum Gasteiger partial charge on any atom is -0.508 e. The van der Waals surface area contributed by atoms with Gasteiger partial charge in [0.1, 0.15) is 5.75 Å². The molecular weight excluding hydrogens is 244 g/mol. The summed E-state index contributed by atoms with van der Waals surface area (Å²) in [5.74, 6) is 0.558. The van der Waals surface area contributed by atoms with Crippen LogP contribution in [0.4, 0.5) is 4.79 Å². The van der Waals surface area contributed by atoms with Crippen LogP contribution in [0.25, 0.3) is 0 Å². The van der Waals surface area contributed by atoms with Crippen molar-refractivity contribution in [1.29, 1.82) is 0 Å². The van der Waals surface area contributed by atoms with E-state index in [0.29, 0.717) is 25.6 Å². The zero-order valence-electron chi connectivity index (χ0n) is 11.5. The maximum absolute atomic E-state index is 12.0. The van der Waals surface area contributed by atoms with Crippen molar-refractivity contribution in [3.63, 3.8) is 0 Å². The number of nitrogens with zero attached hydrogens (tertiary/aromatic N) is 1. The van der Waals surface area contributed by atoms with Crippen molar-refractivity contribution in [3.05, 3.63) is 29.8 Å². The van der Waals surface area contributed by atoms with Crippen molar-refractivity contribution >= 4 is 6.03 Å². The third kappa shape index (κ3) is 5.61. The SMILES string of the molecule is CC(C)CN(CCO)C(=O)NCc1ccc(O)cc1. The van der Waals surface area contributed by atoms with Gasteiger partial charge < -0.3 is 20.4 Å². The van der Waals surface area contributed by atoms with Gasteiger partial charge in [0, 0.05) is 19.6 Å². The number of urea groups is 1. The van der Waals surface area contributed by atoms with E-state index in [1.807, 2.05) is 13.8 Å². The Morgan fingerprint density at radius 1 is 1.32 bits per heavy atom. The summed E-state index contributed by atoms with van der Waals surface area (Å²) in [5, 5.41) is 20.9. The Morgan fingerprint density at radius 2 is 1.95 bits per heavy atom. The van der Waals surface area contributed by atoms with Crippen LogP contribution in [0.1, 0.15) is 19.4 Å². The average Bonchev–Trinajstić information content (AvgIpc) is 2.37. The largest absolute Gasteiger partial charge is 0.508 e. The van der Waals surface area contributed by atoms with Crippen molar-refractivity contribution < 1.29 is 15.0 Å². The van der Waals surface area contributed by atoms with E-state index in [-0.39, 0.29) is 18.4 Å². The van der Waals surface area contributed by atoms with Gasteiger partial charge in [0.2, 0.25) is 0 Å². The summed E-state index contributed by atoms with van der Waals surface area (Å²) in [6.45, 7) is 5.36. The molecule has 0 unspecified atom stereocenters. The van der Waals surface area contributed by atoms with Crippen molar-refractivity contribution in [2.24, 2.45) is 5.92 Å². The fraction of sp³-hybridized carbons (Fsp3) is 0.500. The number of phenols is 1. The summed E-state index contributed by atoms with van der Waals surface area (Å²) < 4.78 is 0. The molecule has 1 aromatic carbocycles. The molecule has 0 aliphatic heterocycles. The number of hydrogen-bond donors (Lipinski definition) is 3. The molecule has 0 aliphatic rings. The molecule has 0 bridgehead atoms. The summed E-state index contributed by atoms with van der Waals surface area (Å²) in [4.78, 5) is 13.6. The molecule has 0 radical (unpaired) electrons. The molecule has 0 spiro atoms. The number of carbonyl (C=O) groups excluding carboxylic acids is 1. The van der Waals surface area contributed by atoms with Crippen molar-refractivity contribution in [2.45, 2.75) is 20.4 Å². The Hall–Kier alpha value is -1.75. The van der Waals surface area contributed by atoms with Crippen molar-refractivity contribution in [2.75, 3.05) is 19.7 Å². The highest BCUT2D eigenvalue weighted by Gasteiger charge is 2.13. The third-order valence-electron chi connectivity index (χ3n) is 2.62. The minimum absolute atomic E-state index is 0.0423. The highest BCUT2D eigenvalue weighted by atomic mass is 16.3. The van der Waals surface area contributed by atoms with Gasteiger partial charge in [-0.3, -0.25) is 0 Å². The van der Waals surface area contributed by atoms with E-state index < -0.39 is 0 Å². The Balaban J connectivity index is 2.49. The van der Waals surface area contributed by atoms with E-state index in [2.05, 4.69) is 5.32 Å². The zero-order chi connectivity index (χ0) is 14.3. The van der Waals surface area contributed by atoms with E-state index in [1.165, 1.54) is 0 Å². The third-order valence-corrected chi connectivity index (χ3v) is 2.62. The van der Waals surface area contributed by atoms with Crippen molar-refractivity contribution in [3.8, 4) is 5.75 Å². The van der Waals surface area contributed by atoms with Crippen LogP contribution in [-0.4, -0.2) is 40.8 Å². The molecule has 1 rings (SSSR count). The first-order chi connectivity index (χ1) is 9.02. The number of aliphatic hydroxyl groups is 1. The first kappa shape index (κ1) is 15.3. The molecule has 0 aliphatic carbocycles. The Labute approximate surface area is 113 Å². The number of aromatic hydroxyl groups is 1. The van der Waals surface area contributed by atoms with E-state index in [1.54, 1.807) is 29.2 Å². The lowest BCUT2D eigenvalue weighted by Gasteiger charge is -2.24. The molecular formula is C14H22N2O3. The summed E-state index contributed by atoms with van der Waals surface area (Å²) in [6, 6.07) is 6.50. The molecule has 2 amide bonds. The summed E-state index contributed by atoms with van der Waals surface area (Å²) in [5.41, 5.74) is 0.916. The molecule has 0 saturated heterocycles. The number of nitrogens with one attached hydrogen (secondary N) is 1. The van der Waals surface area contributed by atoms with Gasteiger partial charge in [0.15, 0.2) is 0 Å². The molecule has 106 valence electrons.